The average Bonchev–Trinajstić information content (AvgIpc) is 3.33. The van der Waals surface area contributed by atoms with E-state index in [1.54, 1.807) is 0 Å². The molecule has 4 aromatic rings. The summed E-state index contributed by atoms with van der Waals surface area (Å²) in [5.41, 5.74) is 9.88. The van der Waals surface area contributed by atoms with E-state index in [9.17, 15) is 4.79 Å². The van der Waals surface area contributed by atoms with E-state index in [0.717, 1.165) is 97.8 Å². The summed E-state index contributed by atoms with van der Waals surface area (Å²) in [7, 11) is 2.20. The number of likely N-dealkylation sites (tertiary alicyclic amines) is 1. The van der Waals surface area contributed by atoms with Crippen molar-refractivity contribution in [3.63, 3.8) is 0 Å². The van der Waals surface area contributed by atoms with Crippen molar-refractivity contribution < 1.29 is 4.79 Å². The van der Waals surface area contributed by atoms with Crippen LogP contribution in [0.3, 0.4) is 0 Å². The number of nitrogens with zero attached hydrogens (tertiary/aromatic N) is 5. The number of benzene rings is 3. The van der Waals surface area contributed by atoms with Gasteiger partial charge in [0.1, 0.15) is 5.82 Å². The third-order valence-corrected chi connectivity index (χ3v) is 8.99. The Kier molecular flexibility index (Phi) is 7.71. The maximum Gasteiger partial charge on any atom is 0.255 e. The summed E-state index contributed by atoms with van der Waals surface area (Å²) in [4.78, 5) is 26.6. The van der Waals surface area contributed by atoms with Crippen LogP contribution >= 0.6 is 0 Å². The van der Waals surface area contributed by atoms with Gasteiger partial charge in [-0.1, -0.05) is 41.5 Å². The minimum Gasteiger partial charge on any atom is -0.328 e. The molecule has 1 aromatic heterocycles. The van der Waals surface area contributed by atoms with E-state index >= 15 is 0 Å². The van der Waals surface area contributed by atoms with Crippen molar-refractivity contribution in [2.24, 2.45) is 0 Å². The first-order valence-corrected chi connectivity index (χ1v) is 15.2. The van der Waals surface area contributed by atoms with Gasteiger partial charge in [-0.2, -0.15) is 0 Å². The standard InChI is InChI=1S/C35H43N5O/c1-24-9-12-29(13-10-24)40-31-14-11-28(23-38-18-16-37(5)17-19-38)22-30(31)36-34(40)32-8-6-7-15-39(32)35(41)33-26(3)20-25(2)21-27(33)4/h9-14,20-22,32H,6-8,15-19,23H2,1-5H3. The first-order valence-electron chi connectivity index (χ1n) is 15.2. The molecule has 3 aromatic carbocycles. The number of carbonyl (C=O) groups is 1. The number of imidazole rings is 1. The topological polar surface area (TPSA) is 44.6 Å². The molecule has 3 heterocycles. The molecule has 2 aliphatic heterocycles. The van der Waals surface area contributed by atoms with Crippen LogP contribution in [0.15, 0.2) is 54.6 Å². The largest absolute Gasteiger partial charge is 0.328 e. The molecular weight excluding hydrogens is 506 g/mol. The molecule has 0 bridgehead atoms. The molecule has 1 unspecified atom stereocenters. The van der Waals surface area contributed by atoms with E-state index < -0.39 is 0 Å². The number of fused-ring (bicyclic) bond motifs is 1. The summed E-state index contributed by atoms with van der Waals surface area (Å²) in [6, 6.07) is 19.6. The second-order valence-corrected chi connectivity index (χ2v) is 12.3. The second kappa shape index (κ2) is 11.4. The molecule has 1 amide bonds. The van der Waals surface area contributed by atoms with Crippen molar-refractivity contribution in [2.45, 2.75) is 59.5 Å². The summed E-state index contributed by atoms with van der Waals surface area (Å²) in [6.07, 6.45) is 3.03. The molecule has 41 heavy (non-hydrogen) atoms. The van der Waals surface area contributed by atoms with Crippen LogP contribution in [0.5, 0.6) is 0 Å². The summed E-state index contributed by atoms with van der Waals surface area (Å²) < 4.78 is 2.31. The van der Waals surface area contributed by atoms with Gasteiger partial charge in [0.05, 0.1) is 17.1 Å². The van der Waals surface area contributed by atoms with E-state index in [1.807, 2.05) is 0 Å². The van der Waals surface area contributed by atoms with Gasteiger partial charge in [-0.05, 0) is 95.0 Å². The zero-order valence-electron chi connectivity index (χ0n) is 25.3. The fraction of sp³-hybridized carbons (Fsp3) is 0.429. The van der Waals surface area contributed by atoms with Gasteiger partial charge in [-0.3, -0.25) is 14.3 Å². The Balaban J connectivity index is 1.42. The summed E-state index contributed by atoms with van der Waals surface area (Å²) in [6.45, 7) is 14.4. The Morgan fingerprint density at radius 1 is 0.829 bits per heavy atom. The van der Waals surface area contributed by atoms with E-state index in [1.165, 1.54) is 16.7 Å². The van der Waals surface area contributed by atoms with Crippen LogP contribution in [0.4, 0.5) is 0 Å². The lowest BCUT2D eigenvalue weighted by molar-refractivity contribution is 0.0597. The van der Waals surface area contributed by atoms with Gasteiger partial charge in [0, 0.05) is 50.5 Å². The molecule has 1 atom stereocenters. The van der Waals surface area contributed by atoms with Gasteiger partial charge in [-0.25, -0.2) is 4.98 Å². The first kappa shape index (κ1) is 27.7. The number of hydrogen-bond acceptors (Lipinski definition) is 4. The highest BCUT2D eigenvalue weighted by atomic mass is 16.2. The Morgan fingerprint density at radius 2 is 1.54 bits per heavy atom. The predicted octanol–water partition coefficient (Wildman–Crippen LogP) is 6.37. The predicted molar refractivity (Wildman–Crippen MR) is 167 cm³/mol. The molecule has 6 rings (SSSR count). The fourth-order valence-electron chi connectivity index (χ4n) is 6.80. The summed E-state index contributed by atoms with van der Waals surface area (Å²) in [5.74, 6) is 1.10. The zero-order chi connectivity index (χ0) is 28.7. The molecule has 0 saturated carbocycles. The Labute approximate surface area is 244 Å². The molecule has 0 radical (unpaired) electrons. The third kappa shape index (κ3) is 5.55. The Morgan fingerprint density at radius 3 is 2.24 bits per heavy atom. The van der Waals surface area contributed by atoms with Gasteiger partial charge >= 0.3 is 0 Å². The maximum atomic E-state index is 14.2. The van der Waals surface area contributed by atoms with E-state index in [-0.39, 0.29) is 11.9 Å². The molecule has 2 fully saturated rings. The van der Waals surface area contributed by atoms with E-state index in [4.69, 9.17) is 4.98 Å². The molecule has 0 spiro atoms. The second-order valence-electron chi connectivity index (χ2n) is 12.3. The van der Waals surface area contributed by atoms with Crippen molar-refractivity contribution in [3.05, 3.63) is 93.8 Å². The minimum atomic E-state index is -0.0777. The number of aromatic nitrogens is 2. The number of rotatable bonds is 5. The van der Waals surface area contributed by atoms with Crippen molar-refractivity contribution in [1.82, 2.24) is 24.3 Å². The number of likely N-dealkylation sites (N-methyl/N-ethyl adjacent to an activating group) is 1. The highest BCUT2D eigenvalue weighted by molar-refractivity contribution is 5.97. The lowest BCUT2D eigenvalue weighted by Gasteiger charge is -2.36. The van der Waals surface area contributed by atoms with Crippen molar-refractivity contribution in [3.8, 4) is 5.69 Å². The monoisotopic (exact) mass is 549 g/mol. The quantitative estimate of drug-likeness (QED) is 0.290. The van der Waals surface area contributed by atoms with Crippen LogP contribution in [0.1, 0.15) is 69.3 Å². The van der Waals surface area contributed by atoms with Crippen molar-refractivity contribution >= 4 is 16.9 Å². The van der Waals surface area contributed by atoms with Gasteiger partial charge in [0.15, 0.2) is 0 Å². The lowest BCUT2D eigenvalue weighted by atomic mass is 9.95. The van der Waals surface area contributed by atoms with Crippen LogP contribution in [0.25, 0.3) is 16.7 Å². The smallest absolute Gasteiger partial charge is 0.255 e. The highest BCUT2D eigenvalue weighted by Gasteiger charge is 2.34. The van der Waals surface area contributed by atoms with Crippen LogP contribution in [-0.2, 0) is 6.54 Å². The molecule has 2 aliphatic rings. The maximum absolute atomic E-state index is 14.2. The molecule has 6 heteroatoms. The third-order valence-electron chi connectivity index (χ3n) is 8.99. The number of piperazine rings is 1. The van der Waals surface area contributed by atoms with Crippen molar-refractivity contribution in [1.29, 1.82) is 0 Å². The highest BCUT2D eigenvalue weighted by Crippen LogP contribution is 2.36. The van der Waals surface area contributed by atoms with Crippen LogP contribution in [0.2, 0.25) is 0 Å². The Hall–Kier alpha value is -3.48. The Bertz CT molecular complexity index is 1540. The molecule has 0 N–H and O–H groups in total. The number of piperidine rings is 1. The summed E-state index contributed by atoms with van der Waals surface area (Å²) in [5, 5.41) is 0. The number of aryl methyl sites for hydroxylation is 4. The van der Waals surface area contributed by atoms with Gasteiger partial charge in [0.25, 0.3) is 5.91 Å². The average molecular weight is 550 g/mol. The normalized spacial score (nSPS) is 18.8. The van der Waals surface area contributed by atoms with Crippen LogP contribution in [0, 0.1) is 27.7 Å². The van der Waals surface area contributed by atoms with Gasteiger partial charge in [-0.15, -0.1) is 0 Å². The summed E-state index contributed by atoms with van der Waals surface area (Å²) >= 11 is 0. The molecule has 214 valence electrons. The fourth-order valence-corrected chi connectivity index (χ4v) is 6.80. The minimum absolute atomic E-state index is 0.0777. The van der Waals surface area contributed by atoms with E-state index in [0.29, 0.717) is 0 Å². The molecular formula is C35H43N5O. The number of amides is 1. The molecule has 0 aliphatic carbocycles. The van der Waals surface area contributed by atoms with Crippen LogP contribution in [-0.4, -0.2) is 69.9 Å². The number of carbonyl (C=O) groups excluding carboxylic acids is 1. The van der Waals surface area contributed by atoms with Crippen LogP contribution < -0.4 is 0 Å². The van der Waals surface area contributed by atoms with Gasteiger partial charge < -0.3 is 9.80 Å². The lowest BCUT2D eigenvalue weighted by Crippen LogP contribution is -2.43. The van der Waals surface area contributed by atoms with Crippen molar-refractivity contribution in [2.75, 3.05) is 39.8 Å². The molecule has 6 nitrogen and oxygen atoms in total. The van der Waals surface area contributed by atoms with E-state index in [2.05, 4.69) is 109 Å². The SMILES string of the molecule is Cc1ccc(-n2c(C3CCCCN3C(=O)c3c(C)cc(C)cc3C)nc3cc(CN4CCN(C)CC4)ccc32)cc1. The zero-order valence-corrected chi connectivity index (χ0v) is 25.3. The van der Waals surface area contributed by atoms with Gasteiger partial charge in [0.2, 0.25) is 0 Å². The number of hydrogen-bond donors (Lipinski definition) is 0. The first-order chi connectivity index (χ1) is 19.8. The molecule has 2 saturated heterocycles.